The van der Waals surface area contributed by atoms with E-state index in [4.69, 9.17) is 0 Å². The molecule has 0 aromatic heterocycles. The lowest BCUT2D eigenvalue weighted by atomic mass is 10.1. The number of nitrogens with zero attached hydrogens (tertiary/aromatic N) is 1. The van der Waals surface area contributed by atoms with E-state index >= 15 is 0 Å². The molecule has 1 heteroatoms. The van der Waals surface area contributed by atoms with Crippen molar-refractivity contribution in [3.8, 4) is 0 Å². The van der Waals surface area contributed by atoms with Crippen LogP contribution in [-0.4, -0.2) is 24.5 Å². The van der Waals surface area contributed by atoms with Crippen molar-refractivity contribution in [2.45, 2.75) is 67.2 Å². The summed E-state index contributed by atoms with van der Waals surface area (Å²) in [5.74, 6) is 0. The molecule has 0 aromatic rings. The lowest BCUT2D eigenvalue weighted by molar-refractivity contribution is 0.336. The Labute approximate surface area is 127 Å². The van der Waals surface area contributed by atoms with Crippen LogP contribution in [0.2, 0.25) is 0 Å². The molecule has 0 spiro atoms. The third kappa shape index (κ3) is 11.0. The molecule has 116 valence electrons. The Bertz CT molecular complexity index is 326. The monoisotopic (exact) mass is 277 g/mol. The van der Waals surface area contributed by atoms with Gasteiger partial charge in [-0.1, -0.05) is 48.8 Å². The second-order valence-corrected chi connectivity index (χ2v) is 5.95. The standard InChI is InChI=1S/C19H35N/c1-7-20(8-2)16-15-19(6)14-10-13-18(5)12-9-11-17(3)4/h11,13,15H,7-10,12,14,16H2,1-6H3/b18-13+,19-15+. The summed E-state index contributed by atoms with van der Waals surface area (Å²) in [5, 5.41) is 0. The Kier molecular flexibility index (Phi) is 11.5. The van der Waals surface area contributed by atoms with Gasteiger partial charge >= 0.3 is 0 Å². The SMILES string of the molecule is CCN(CC)C/C=C(\C)CC/C=C(\C)CCC=C(C)C. The van der Waals surface area contributed by atoms with Gasteiger partial charge in [-0.05, 0) is 66.5 Å². The third-order valence-corrected chi connectivity index (χ3v) is 3.72. The minimum absolute atomic E-state index is 1.10. The highest BCUT2D eigenvalue weighted by molar-refractivity contribution is 5.05. The van der Waals surface area contributed by atoms with Crippen LogP contribution in [-0.2, 0) is 0 Å². The van der Waals surface area contributed by atoms with E-state index in [0.29, 0.717) is 0 Å². The minimum Gasteiger partial charge on any atom is -0.300 e. The average molecular weight is 277 g/mol. The highest BCUT2D eigenvalue weighted by atomic mass is 15.1. The Hall–Kier alpha value is -0.820. The van der Waals surface area contributed by atoms with Gasteiger partial charge in [0, 0.05) is 6.54 Å². The van der Waals surface area contributed by atoms with Crippen LogP contribution in [0.1, 0.15) is 67.2 Å². The molecule has 0 aliphatic heterocycles. The molecule has 0 saturated heterocycles. The predicted molar refractivity (Wildman–Crippen MR) is 93.2 cm³/mol. The smallest absolute Gasteiger partial charge is 0.0165 e. The van der Waals surface area contributed by atoms with Crippen LogP contribution in [0.5, 0.6) is 0 Å². The average Bonchev–Trinajstić information content (AvgIpc) is 2.39. The van der Waals surface area contributed by atoms with E-state index in [9.17, 15) is 0 Å². The number of hydrogen-bond donors (Lipinski definition) is 0. The van der Waals surface area contributed by atoms with Crippen LogP contribution in [0.25, 0.3) is 0 Å². The summed E-state index contributed by atoms with van der Waals surface area (Å²) in [7, 11) is 0. The maximum atomic E-state index is 2.45. The largest absolute Gasteiger partial charge is 0.300 e. The molecule has 0 aliphatic rings. The molecule has 0 bridgehead atoms. The van der Waals surface area contributed by atoms with E-state index in [1.54, 1.807) is 0 Å². The molecule has 0 N–H and O–H groups in total. The van der Waals surface area contributed by atoms with Gasteiger partial charge in [0.25, 0.3) is 0 Å². The van der Waals surface area contributed by atoms with E-state index in [2.05, 4.69) is 64.7 Å². The quantitative estimate of drug-likeness (QED) is 0.460. The third-order valence-electron chi connectivity index (χ3n) is 3.72. The van der Waals surface area contributed by atoms with Crippen molar-refractivity contribution in [1.29, 1.82) is 0 Å². The number of hydrogen-bond acceptors (Lipinski definition) is 1. The molecule has 0 aromatic carbocycles. The van der Waals surface area contributed by atoms with Gasteiger partial charge in [-0.3, -0.25) is 0 Å². The first-order chi connectivity index (χ1) is 9.49. The molecule has 0 atom stereocenters. The fourth-order valence-corrected chi connectivity index (χ4v) is 2.11. The van der Waals surface area contributed by atoms with Crippen molar-refractivity contribution in [2.24, 2.45) is 0 Å². The van der Waals surface area contributed by atoms with E-state index in [0.717, 1.165) is 19.6 Å². The summed E-state index contributed by atoms with van der Waals surface area (Å²) in [6.45, 7) is 16.7. The molecule has 20 heavy (non-hydrogen) atoms. The zero-order valence-corrected chi connectivity index (χ0v) is 14.6. The van der Waals surface area contributed by atoms with Crippen molar-refractivity contribution >= 4 is 0 Å². The Morgan fingerprint density at radius 3 is 1.75 bits per heavy atom. The van der Waals surface area contributed by atoms with Crippen LogP contribution in [0, 0.1) is 0 Å². The van der Waals surface area contributed by atoms with Crippen LogP contribution in [0.4, 0.5) is 0 Å². The summed E-state index contributed by atoms with van der Waals surface area (Å²) < 4.78 is 0. The molecule has 1 nitrogen and oxygen atoms in total. The zero-order chi connectivity index (χ0) is 15.4. The first-order valence-electron chi connectivity index (χ1n) is 8.16. The first-order valence-corrected chi connectivity index (χ1v) is 8.16. The molecule has 0 amide bonds. The highest BCUT2D eigenvalue weighted by Gasteiger charge is 1.96. The van der Waals surface area contributed by atoms with Crippen LogP contribution in [0.15, 0.2) is 34.9 Å². The van der Waals surface area contributed by atoms with E-state index in [-0.39, 0.29) is 0 Å². The number of rotatable bonds is 10. The van der Waals surface area contributed by atoms with Crippen LogP contribution in [0.3, 0.4) is 0 Å². The van der Waals surface area contributed by atoms with Crippen LogP contribution < -0.4 is 0 Å². The Morgan fingerprint density at radius 2 is 1.25 bits per heavy atom. The fourth-order valence-electron chi connectivity index (χ4n) is 2.11. The van der Waals surface area contributed by atoms with Crippen molar-refractivity contribution in [3.05, 3.63) is 34.9 Å². The van der Waals surface area contributed by atoms with Gasteiger partial charge in [0.2, 0.25) is 0 Å². The summed E-state index contributed by atoms with van der Waals surface area (Å²) in [4.78, 5) is 2.45. The zero-order valence-electron chi connectivity index (χ0n) is 14.6. The normalized spacial score (nSPS) is 12.9. The first kappa shape index (κ1) is 19.2. The maximum Gasteiger partial charge on any atom is 0.0165 e. The van der Waals surface area contributed by atoms with Gasteiger partial charge in [0.05, 0.1) is 0 Å². The second kappa shape index (κ2) is 12.0. The molecule has 0 rings (SSSR count). The fraction of sp³-hybridized carbons (Fsp3) is 0.684. The lowest BCUT2D eigenvalue weighted by Crippen LogP contribution is -2.22. The van der Waals surface area contributed by atoms with Gasteiger partial charge in [-0.25, -0.2) is 0 Å². The molecule has 0 saturated carbocycles. The molecule has 0 heterocycles. The topological polar surface area (TPSA) is 3.24 Å². The van der Waals surface area contributed by atoms with Crippen molar-refractivity contribution < 1.29 is 0 Å². The maximum absolute atomic E-state index is 2.45. The van der Waals surface area contributed by atoms with E-state index < -0.39 is 0 Å². The van der Waals surface area contributed by atoms with Crippen molar-refractivity contribution in [1.82, 2.24) is 4.90 Å². The molecule has 0 aliphatic carbocycles. The predicted octanol–water partition coefficient (Wildman–Crippen LogP) is 5.75. The van der Waals surface area contributed by atoms with Crippen molar-refractivity contribution in [2.75, 3.05) is 19.6 Å². The van der Waals surface area contributed by atoms with Gasteiger partial charge in [0.1, 0.15) is 0 Å². The van der Waals surface area contributed by atoms with Gasteiger partial charge in [0.15, 0.2) is 0 Å². The summed E-state index contributed by atoms with van der Waals surface area (Å²) in [5.41, 5.74) is 4.47. The molecule has 0 radical (unpaired) electrons. The van der Waals surface area contributed by atoms with Crippen molar-refractivity contribution in [3.63, 3.8) is 0 Å². The summed E-state index contributed by atoms with van der Waals surface area (Å²) in [6.07, 6.45) is 11.9. The molecular formula is C19H35N. The van der Waals surface area contributed by atoms with Gasteiger partial charge < -0.3 is 4.90 Å². The second-order valence-electron chi connectivity index (χ2n) is 5.95. The van der Waals surface area contributed by atoms with E-state index in [1.165, 1.54) is 42.4 Å². The summed E-state index contributed by atoms with van der Waals surface area (Å²) in [6, 6.07) is 0. The number of allylic oxidation sites excluding steroid dienone is 5. The molecular weight excluding hydrogens is 242 g/mol. The summed E-state index contributed by atoms with van der Waals surface area (Å²) >= 11 is 0. The van der Waals surface area contributed by atoms with Crippen LogP contribution >= 0.6 is 0 Å². The number of likely N-dealkylation sites (N-methyl/N-ethyl adjacent to an activating group) is 1. The molecule has 0 unspecified atom stereocenters. The van der Waals surface area contributed by atoms with Gasteiger partial charge in [-0.15, -0.1) is 0 Å². The Balaban J connectivity index is 3.96. The lowest BCUT2D eigenvalue weighted by Gasteiger charge is -2.15. The Morgan fingerprint density at radius 1 is 0.750 bits per heavy atom. The van der Waals surface area contributed by atoms with E-state index in [1.807, 2.05) is 0 Å². The van der Waals surface area contributed by atoms with Gasteiger partial charge in [-0.2, -0.15) is 0 Å². The molecule has 0 fully saturated rings. The minimum atomic E-state index is 1.10. The highest BCUT2D eigenvalue weighted by Crippen LogP contribution is 2.11.